The van der Waals surface area contributed by atoms with Gasteiger partial charge >= 0.3 is 0 Å². The van der Waals surface area contributed by atoms with Crippen molar-refractivity contribution in [1.82, 2.24) is 9.97 Å². The number of hydrogen-bond donors (Lipinski definition) is 2. The van der Waals surface area contributed by atoms with E-state index < -0.39 is 0 Å². The minimum Gasteiger partial charge on any atom is -0.501 e. The maximum atomic E-state index is 12.1. The largest absolute Gasteiger partial charge is 0.501 e. The Labute approximate surface area is 204 Å². The lowest BCUT2D eigenvalue weighted by Crippen LogP contribution is -2.03. The summed E-state index contributed by atoms with van der Waals surface area (Å²) in [5, 5.41) is 3.31. The number of ether oxygens (including phenoxy) is 2. The molecule has 0 unspecified atom stereocenters. The number of methoxy groups -OCH3 is 1. The van der Waals surface area contributed by atoms with Crippen molar-refractivity contribution in [2.24, 2.45) is 0 Å². The van der Waals surface area contributed by atoms with Crippen molar-refractivity contribution >= 4 is 23.1 Å². The van der Waals surface area contributed by atoms with Crippen LogP contribution >= 0.6 is 0 Å². The maximum absolute atomic E-state index is 12.1. The lowest BCUT2D eigenvalue weighted by Gasteiger charge is -2.14. The van der Waals surface area contributed by atoms with E-state index in [-0.39, 0.29) is 5.78 Å². The Kier molecular flexibility index (Phi) is 7.37. The van der Waals surface area contributed by atoms with Gasteiger partial charge in [-0.2, -0.15) is 0 Å². The highest BCUT2D eigenvalue weighted by Gasteiger charge is 2.13. The van der Waals surface area contributed by atoms with Crippen molar-refractivity contribution in [2.75, 3.05) is 18.2 Å². The molecule has 4 aromatic rings. The summed E-state index contributed by atoms with van der Waals surface area (Å²) in [6.45, 7) is 1.75. The van der Waals surface area contributed by atoms with Gasteiger partial charge in [0.05, 0.1) is 18.4 Å². The third-order valence-electron chi connectivity index (χ3n) is 5.28. The van der Waals surface area contributed by atoms with E-state index in [0.717, 1.165) is 22.6 Å². The lowest BCUT2D eigenvalue weighted by molar-refractivity contribution is -0.114. The van der Waals surface area contributed by atoms with Gasteiger partial charge in [0, 0.05) is 18.2 Å². The minimum atomic E-state index is -0.0180. The molecule has 176 valence electrons. The number of hydrogen-bond acceptors (Lipinski definition) is 7. The number of rotatable bonds is 9. The van der Waals surface area contributed by atoms with Crippen LogP contribution in [0, 0.1) is 0 Å². The standard InChI is InChI=1S/C28H26N4O3/c1-19(34-2)16-23(33)17-20-8-12-22(13-9-20)32-28-26(27(29)30-18-31-28)21-10-14-25(15-11-21)35-24-6-4-3-5-7-24/h3-16,18H,17H2,1-2H3,(H3,29,30,31,32)/b19-16-. The molecule has 3 N–H and O–H groups in total. The van der Waals surface area contributed by atoms with E-state index in [0.29, 0.717) is 35.1 Å². The predicted molar refractivity (Wildman–Crippen MR) is 138 cm³/mol. The van der Waals surface area contributed by atoms with Crippen LogP contribution in [0.3, 0.4) is 0 Å². The SMILES string of the molecule is CO/C(C)=C\C(=O)Cc1ccc(Nc2ncnc(N)c2-c2ccc(Oc3ccccc3)cc2)cc1. The number of carbonyl (C=O) groups excluding carboxylic acids is 1. The van der Waals surface area contributed by atoms with E-state index in [1.165, 1.54) is 12.4 Å². The van der Waals surface area contributed by atoms with Gasteiger partial charge in [0.25, 0.3) is 0 Å². The van der Waals surface area contributed by atoms with Crippen molar-refractivity contribution in [3.05, 3.63) is 103 Å². The van der Waals surface area contributed by atoms with Crippen molar-refractivity contribution in [2.45, 2.75) is 13.3 Å². The molecule has 7 nitrogen and oxygen atoms in total. The molecule has 0 saturated carbocycles. The monoisotopic (exact) mass is 466 g/mol. The molecule has 0 saturated heterocycles. The average molecular weight is 467 g/mol. The molecule has 3 aromatic carbocycles. The second-order valence-corrected chi connectivity index (χ2v) is 7.85. The third kappa shape index (κ3) is 6.23. The average Bonchev–Trinajstić information content (AvgIpc) is 2.86. The van der Waals surface area contributed by atoms with E-state index in [9.17, 15) is 4.79 Å². The van der Waals surface area contributed by atoms with E-state index in [2.05, 4.69) is 15.3 Å². The highest BCUT2D eigenvalue weighted by Crippen LogP contribution is 2.34. The second kappa shape index (κ2) is 11.0. The van der Waals surface area contributed by atoms with Gasteiger partial charge in [-0.3, -0.25) is 4.79 Å². The number of anilines is 3. The van der Waals surface area contributed by atoms with Gasteiger partial charge < -0.3 is 20.5 Å². The van der Waals surface area contributed by atoms with Gasteiger partial charge in [-0.1, -0.05) is 42.5 Å². The number of carbonyl (C=O) groups is 1. The Morgan fingerprint density at radius 3 is 2.31 bits per heavy atom. The quantitative estimate of drug-likeness (QED) is 0.233. The number of nitrogens with one attached hydrogen (secondary N) is 1. The molecular formula is C28H26N4O3. The smallest absolute Gasteiger partial charge is 0.163 e. The highest BCUT2D eigenvalue weighted by atomic mass is 16.5. The third-order valence-corrected chi connectivity index (χ3v) is 5.28. The van der Waals surface area contributed by atoms with Crippen LogP contribution < -0.4 is 15.8 Å². The van der Waals surface area contributed by atoms with E-state index in [1.54, 1.807) is 14.0 Å². The molecule has 0 bridgehead atoms. The molecule has 0 fully saturated rings. The zero-order valence-corrected chi connectivity index (χ0v) is 19.6. The fourth-order valence-corrected chi connectivity index (χ4v) is 3.47. The topological polar surface area (TPSA) is 99.4 Å². The molecule has 0 radical (unpaired) electrons. The van der Waals surface area contributed by atoms with Gasteiger partial charge in [-0.15, -0.1) is 0 Å². The summed E-state index contributed by atoms with van der Waals surface area (Å²) in [5.74, 6) is 2.99. The van der Waals surface area contributed by atoms with Crippen LogP contribution in [0.15, 0.2) is 97.0 Å². The van der Waals surface area contributed by atoms with Gasteiger partial charge in [0.1, 0.15) is 29.5 Å². The summed E-state index contributed by atoms with van der Waals surface area (Å²) >= 11 is 0. The van der Waals surface area contributed by atoms with Crippen LogP contribution in [-0.4, -0.2) is 22.9 Å². The highest BCUT2D eigenvalue weighted by molar-refractivity contribution is 5.92. The fraction of sp³-hybridized carbons (Fsp3) is 0.107. The van der Waals surface area contributed by atoms with Crippen LogP contribution in [0.25, 0.3) is 11.1 Å². The number of nitrogen functional groups attached to an aromatic ring is 1. The number of ketones is 1. The summed E-state index contributed by atoms with van der Waals surface area (Å²) < 4.78 is 10.9. The molecule has 0 amide bonds. The first-order chi connectivity index (χ1) is 17.0. The molecule has 0 aliphatic rings. The predicted octanol–water partition coefficient (Wildman–Crippen LogP) is 5.92. The van der Waals surface area contributed by atoms with Gasteiger partial charge in [-0.05, 0) is 54.4 Å². The molecule has 4 rings (SSSR count). The summed E-state index contributed by atoms with van der Waals surface area (Å²) in [6.07, 6.45) is 3.22. The summed E-state index contributed by atoms with van der Waals surface area (Å²) in [5.41, 5.74) is 9.48. The van der Waals surface area contributed by atoms with Crippen LogP contribution in [0.1, 0.15) is 12.5 Å². The number of para-hydroxylation sites is 1. The molecular weight excluding hydrogens is 440 g/mol. The number of aromatic nitrogens is 2. The molecule has 1 heterocycles. The van der Waals surface area contributed by atoms with E-state index >= 15 is 0 Å². The normalized spacial score (nSPS) is 11.1. The first-order valence-corrected chi connectivity index (χ1v) is 11.1. The molecule has 7 heteroatoms. The Morgan fingerprint density at radius 2 is 1.63 bits per heavy atom. The number of allylic oxidation sites excluding steroid dienone is 2. The fourth-order valence-electron chi connectivity index (χ4n) is 3.47. The van der Waals surface area contributed by atoms with Gasteiger partial charge in [0.2, 0.25) is 0 Å². The van der Waals surface area contributed by atoms with Crippen LogP contribution in [0.4, 0.5) is 17.3 Å². The van der Waals surface area contributed by atoms with Crippen molar-refractivity contribution in [3.63, 3.8) is 0 Å². The zero-order valence-electron chi connectivity index (χ0n) is 19.6. The molecule has 0 spiro atoms. The Hall–Kier alpha value is -4.65. The van der Waals surface area contributed by atoms with Crippen molar-refractivity contribution in [3.8, 4) is 22.6 Å². The Balaban J connectivity index is 1.50. The van der Waals surface area contributed by atoms with E-state index in [1.807, 2.05) is 78.9 Å². The molecule has 1 aromatic heterocycles. The van der Waals surface area contributed by atoms with Crippen LogP contribution in [0.5, 0.6) is 11.5 Å². The number of nitrogens with two attached hydrogens (primary N) is 1. The second-order valence-electron chi connectivity index (χ2n) is 7.85. The van der Waals surface area contributed by atoms with Crippen molar-refractivity contribution < 1.29 is 14.3 Å². The lowest BCUT2D eigenvalue weighted by atomic mass is 10.1. The maximum Gasteiger partial charge on any atom is 0.163 e. The zero-order chi connectivity index (χ0) is 24.6. The number of nitrogens with zero attached hydrogens (tertiary/aromatic N) is 2. The van der Waals surface area contributed by atoms with Crippen molar-refractivity contribution in [1.29, 1.82) is 0 Å². The first-order valence-electron chi connectivity index (χ1n) is 11.1. The van der Waals surface area contributed by atoms with Gasteiger partial charge in [-0.25, -0.2) is 9.97 Å². The van der Waals surface area contributed by atoms with Gasteiger partial charge in [0.15, 0.2) is 5.78 Å². The molecule has 0 aliphatic carbocycles. The summed E-state index contributed by atoms with van der Waals surface area (Å²) in [6, 6.07) is 24.8. The Bertz CT molecular complexity index is 1320. The summed E-state index contributed by atoms with van der Waals surface area (Å²) in [4.78, 5) is 20.7. The molecule has 0 atom stereocenters. The first kappa shape index (κ1) is 23.5. The number of benzene rings is 3. The molecule has 35 heavy (non-hydrogen) atoms. The van der Waals surface area contributed by atoms with Crippen LogP contribution in [0.2, 0.25) is 0 Å². The minimum absolute atomic E-state index is 0.0180. The van der Waals surface area contributed by atoms with Crippen LogP contribution in [-0.2, 0) is 16.0 Å². The summed E-state index contributed by atoms with van der Waals surface area (Å²) in [7, 11) is 1.54. The van der Waals surface area contributed by atoms with E-state index in [4.69, 9.17) is 15.2 Å². The Morgan fingerprint density at radius 1 is 0.943 bits per heavy atom. The molecule has 0 aliphatic heterocycles.